The van der Waals surface area contributed by atoms with Gasteiger partial charge >= 0.3 is 21.1 Å². The molecule has 11 aromatic rings. The van der Waals surface area contributed by atoms with Crippen molar-refractivity contribution in [1.82, 2.24) is 18.9 Å². The summed E-state index contributed by atoms with van der Waals surface area (Å²) in [5.74, 6) is 2.00. The summed E-state index contributed by atoms with van der Waals surface area (Å²) >= 11 is 0. The van der Waals surface area contributed by atoms with Crippen LogP contribution in [0.4, 0.5) is 17.2 Å². The summed E-state index contributed by atoms with van der Waals surface area (Å²) in [6, 6.07) is 65.3. The Morgan fingerprint density at radius 1 is 0.576 bits per heavy atom. The van der Waals surface area contributed by atoms with Gasteiger partial charge in [0.25, 0.3) is 0 Å². The number of pyridine rings is 2. The van der Waals surface area contributed by atoms with E-state index in [1.54, 1.807) is 0 Å². The molecule has 0 radical (unpaired) electrons. The van der Waals surface area contributed by atoms with Gasteiger partial charge in [0.15, 0.2) is 0 Å². The van der Waals surface area contributed by atoms with Crippen LogP contribution in [0.1, 0.15) is 0 Å². The third-order valence-corrected chi connectivity index (χ3v) is 18.2. The zero-order chi connectivity index (χ0) is 38.4. The molecule has 59 heavy (non-hydrogen) atoms. The van der Waals surface area contributed by atoms with Gasteiger partial charge in [0.2, 0.25) is 0 Å². The van der Waals surface area contributed by atoms with E-state index in [2.05, 4.69) is 180 Å². The van der Waals surface area contributed by atoms with Crippen LogP contribution in [0.15, 0.2) is 182 Å². The minimum Gasteiger partial charge on any atom is -0.503 e. The predicted octanol–water partition coefficient (Wildman–Crippen LogP) is 10.1. The molecule has 0 saturated heterocycles. The fraction of sp³-hybridized carbons (Fsp3) is 0. The number of rotatable bonds is 5. The van der Waals surface area contributed by atoms with E-state index >= 15 is 0 Å². The SMILES string of the molecule is P[Si]1(c2ccccc2)c2ccc(Oc3[c-]c4c(cc3)c3ccccc3n3ccnc43)[c-]c2N(c2ccccn2)c2ccc3c(c21)c1ccccc1n3-c1ccccc1.[Pt+2]. The molecule has 1 aliphatic heterocycles. The van der Waals surface area contributed by atoms with E-state index in [4.69, 9.17) is 14.7 Å². The van der Waals surface area contributed by atoms with Crippen LogP contribution >= 0.6 is 8.79 Å². The minimum atomic E-state index is -2.87. The van der Waals surface area contributed by atoms with Crippen LogP contribution in [-0.4, -0.2) is 26.7 Å². The fourth-order valence-corrected chi connectivity index (χ4v) is 15.0. The molecule has 0 amide bonds. The fourth-order valence-electron chi connectivity index (χ4n) is 9.14. The van der Waals surface area contributed by atoms with E-state index in [1.807, 2.05) is 36.8 Å². The van der Waals surface area contributed by atoms with E-state index < -0.39 is 7.74 Å². The molecule has 2 atom stereocenters. The van der Waals surface area contributed by atoms with Crippen molar-refractivity contribution in [2.45, 2.75) is 0 Å². The van der Waals surface area contributed by atoms with Crippen molar-refractivity contribution < 1.29 is 25.8 Å². The van der Waals surface area contributed by atoms with Crippen LogP contribution in [0, 0.1) is 12.1 Å². The molecule has 0 aliphatic carbocycles. The summed E-state index contributed by atoms with van der Waals surface area (Å²) in [6.45, 7) is 0. The summed E-state index contributed by atoms with van der Waals surface area (Å²) in [7, 11) is 0.578. The predicted molar refractivity (Wildman–Crippen MR) is 242 cm³/mol. The van der Waals surface area contributed by atoms with E-state index in [0.717, 1.165) is 50.2 Å². The maximum Gasteiger partial charge on any atom is 2.00 e. The molecule has 0 N–H and O–H groups in total. The third-order valence-electron chi connectivity index (χ3n) is 11.6. The first-order chi connectivity index (χ1) is 28.7. The maximum absolute atomic E-state index is 6.73. The van der Waals surface area contributed by atoms with Crippen molar-refractivity contribution in [2.75, 3.05) is 4.90 Å². The van der Waals surface area contributed by atoms with Gasteiger partial charge in [-0.1, -0.05) is 119 Å². The molecule has 9 heteroatoms. The van der Waals surface area contributed by atoms with Crippen LogP contribution in [-0.2, 0) is 21.1 Å². The Morgan fingerprint density at radius 2 is 1.29 bits per heavy atom. The number of nitrogens with zero attached hydrogens (tertiary/aromatic N) is 5. The van der Waals surface area contributed by atoms with Crippen molar-refractivity contribution in [2.24, 2.45) is 0 Å². The van der Waals surface area contributed by atoms with Gasteiger partial charge in [-0.05, 0) is 59.1 Å². The first-order valence-electron chi connectivity index (χ1n) is 19.3. The molecule has 0 spiro atoms. The number of para-hydroxylation sites is 3. The first-order valence-corrected chi connectivity index (χ1v) is 23.1. The van der Waals surface area contributed by atoms with Crippen molar-refractivity contribution in [3.05, 3.63) is 195 Å². The number of benzene rings is 7. The molecular formula is C50H32N5OPPtSi. The van der Waals surface area contributed by atoms with E-state index in [9.17, 15) is 0 Å². The van der Waals surface area contributed by atoms with Crippen molar-refractivity contribution in [3.8, 4) is 17.2 Å². The molecule has 6 nitrogen and oxygen atoms in total. The van der Waals surface area contributed by atoms with E-state index in [-0.39, 0.29) is 21.1 Å². The van der Waals surface area contributed by atoms with Gasteiger partial charge in [0, 0.05) is 57.8 Å². The average Bonchev–Trinajstić information content (AvgIpc) is 3.92. The molecule has 282 valence electrons. The van der Waals surface area contributed by atoms with Gasteiger partial charge in [-0.25, -0.2) is 4.98 Å². The monoisotopic (exact) mass is 972 g/mol. The molecule has 4 aromatic heterocycles. The number of hydrogen-bond donors (Lipinski definition) is 0. The van der Waals surface area contributed by atoms with Gasteiger partial charge in [0.1, 0.15) is 13.6 Å². The van der Waals surface area contributed by atoms with E-state index in [1.165, 1.54) is 37.4 Å². The molecule has 1 aliphatic rings. The average molecular weight is 973 g/mol. The van der Waals surface area contributed by atoms with Gasteiger partial charge in [-0.2, -0.15) is 6.07 Å². The van der Waals surface area contributed by atoms with Gasteiger partial charge in [-0.15, -0.1) is 38.2 Å². The third kappa shape index (κ3) is 5.32. The largest absolute Gasteiger partial charge is 2.00 e. The minimum absolute atomic E-state index is 0. The second-order valence-corrected chi connectivity index (χ2v) is 20.5. The number of aromatic nitrogens is 4. The zero-order valence-electron chi connectivity index (χ0n) is 31.4. The van der Waals surface area contributed by atoms with Crippen LogP contribution in [0.2, 0.25) is 0 Å². The molecule has 0 saturated carbocycles. The first kappa shape index (κ1) is 35.8. The second kappa shape index (κ2) is 13.9. The summed E-state index contributed by atoms with van der Waals surface area (Å²) in [6.07, 6.45) is 5.69. The molecule has 0 bridgehead atoms. The summed E-state index contributed by atoms with van der Waals surface area (Å²) in [5.41, 5.74) is 7.41. The quantitative estimate of drug-likeness (QED) is 0.0747. The number of fused-ring (bicyclic) bond motifs is 12. The Morgan fingerprint density at radius 3 is 2.10 bits per heavy atom. The molecule has 12 rings (SSSR count). The zero-order valence-corrected chi connectivity index (χ0v) is 35.8. The van der Waals surface area contributed by atoms with Crippen LogP contribution < -0.4 is 25.2 Å². The van der Waals surface area contributed by atoms with Crippen LogP contribution in [0.5, 0.6) is 11.5 Å². The number of ether oxygens (including phenoxy) is 1. The topological polar surface area (TPSA) is 47.6 Å². The van der Waals surface area contributed by atoms with Crippen LogP contribution in [0.25, 0.3) is 54.8 Å². The second-order valence-electron chi connectivity index (χ2n) is 14.7. The van der Waals surface area contributed by atoms with Gasteiger partial charge < -0.3 is 18.6 Å². The molecule has 2 unspecified atom stereocenters. The Labute approximate surface area is 357 Å². The molecule has 0 fully saturated rings. The Hall–Kier alpha value is -6.36. The van der Waals surface area contributed by atoms with Gasteiger partial charge in [0.05, 0.1) is 16.7 Å². The number of imidazole rings is 1. The van der Waals surface area contributed by atoms with Crippen molar-refractivity contribution in [1.29, 1.82) is 0 Å². The van der Waals surface area contributed by atoms with Gasteiger partial charge in [-0.3, -0.25) is 4.98 Å². The number of anilines is 3. The smallest absolute Gasteiger partial charge is 0.503 e. The molecule has 7 aromatic carbocycles. The summed E-state index contributed by atoms with van der Waals surface area (Å²) < 4.78 is 11.2. The normalized spacial score (nSPS) is 14.8. The van der Waals surface area contributed by atoms with E-state index in [0.29, 0.717) is 11.5 Å². The molecule has 5 heterocycles. The van der Waals surface area contributed by atoms with Crippen molar-refractivity contribution in [3.63, 3.8) is 0 Å². The Balaban J connectivity index is 0.00000397. The standard InChI is InChI=1S/C50H32N5OPSi.Pt/c57-58(36-15-5-2-6-16-36)46-27-23-35(56-34-22-24-37-38-17-7-9-19-41(38)53-30-29-52-50(53)40(37)31-34)32-45(46)55(47-21-11-12-28-51-47)44-26-25-43-48(49(44)58)39-18-8-10-20-42(39)54(43)33-13-3-1-4-14-33;/h1-30H,57H2;/q-2;+2. The van der Waals surface area contributed by atoms with Crippen LogP contribution in [0.3, 0.4) is 0 Å². The Kier molecular flexibility index (Phi) is 8.42. The summed E-state index contributed by atoms with van der Waals surface area (Å²) in [5, 5.41) is 9.38. The Bertz CT molecular complexity index is 3410. The summed E-state index contributed by atoms with van der Waals surface area (Å²) in [4.78, 5) is 12.0. The maximum atomic E-state index is 6.73. The van der Waals surface area contributed by atoms with Crippen molar-refractivity contribution >= 4 is 98.4 Å². The molecular weight excluding hydrogens is 941 g/mol. The number of hydrogen-bond acceptors (Lipinski definition) is 4.